The summed E-state index contributed by atoms with van der Waals surface area (Å²) in [6.07, 6.45) is 0.303. The molecule has 1 fully saturated rings. The van der Waals surface area contributed by atoms with Crippen LogP contribution in [0, 0.1) is 13.8 Å². The van der Waals surface area contributed by atoms with Crippen LogP contribution in [0.1, 0.15) is 51.0 Å². The molecule has 1 aliphatic heterocycles. The highest BCUT2D eigenvalue weighted by Gasteiger charge is 2.51. The second kappa shape index (κ2) is 7.95. The molecule has 2 N–H and O–H groups in total. The number of imide groups is 1. The molecule has 1 aromatic heterocycles. The van der Waals surface area contributed by atoms with Crippen molar-refractivity contribution in [2.45, 2.75) is 32.7 Å². The third-order valence-corrected chi connectivity index (χ3v) is 5.70. The van der Waals surface area contributed by atoms with Gasteiger partial charge in [-0.25, -0.2) is 9.59 Å². The molecule has 30 heavy (non-hydrogen) atoms. The van der Waals surface area contributed by atoms with Gasteiger partial charge in [-0.15, -0.1) is 0 Å². The second-order valence-electron chi connectivity index (χ2n) is 7.13. The Labute approximate surface area is 178 Å². The Morgan fingerprint density at radius 3 is 2.37 bits per heavy atom. The molecule has 1 aliphatic rings. The minimum absolute atomic E-state index is 0.161. The smallest absolute Gasteiger partial charge is 0.339 e. The number of aryl methyl sites for hydroxylation is 1. The van der Waals surface area contributed by atoms with E-state index in [0.717, 1.165) is 4.90 Å². The monoisotopic (exact) mass is 431 g/mol. The van der Waals surface area contributed by atoms with Crippen molar-refractivity contribution < 1.29 is 23.9 Å². The van der Waals surface area contributed by atoms with Gasteiger partial charge in [0, 0.05) is 10.7 Å². The van der Waals surface area contributed by atoms with Crippen LogP contribution in [0.4, 0.5) is 4.79 Å². The van der Waals surface area contributed by atoms with Gasteiger partial charge in [-0.3, -0.25) is 14.5 Å². The molecule has 3 rings (SSSR count). The van der Waals surface area contributed by atoms with Crippen LogP contribution in [-0.2, 0) is 15.1 Å². The molecule has 2 heterocycles. The largest absolute Gasteiger partial charge is 0.465 e. The van der Waals surface area contributed by atoms with Gasteiger partial charge in [0.05, 0.1) is 24.9 Å². The van der Waals surface area contributed by atoms with Crippen molar-refractivity contribution in [3.63, 3.8) is 0 Å². The lowest BCUT2D eigenvalue weighted by atomic mass is 9.87. The molecule has 0 aliphatic carbocycles. The molecule has 9 heteroatoms. The fraction of sp³-hybridized carbons (Fsp3) is 0.333. The topological polar surface area (TPSA) is 109 Å². The minimum atomic E-state index is -1.26. The zero-order chi connectivity index (χ0) is 22.2. The fourth-order valence-electron chi connectivity index (χ4n) is 3.80. The van der Waals surface area contributed by atoms with Gasteiger partial charge in [-0.2, -0.15) is 0 Å². The first-order chi connectivity index (χ1) is 14.2. The minimum Gasteiger partial charge on any atom is -0.465 e. The Hall–Kier alpha value is -3.13. The van der Waals surface area contributed by atoms with Crippen molar-refractivity contribution in [1.29, 1.82) is 0 Å². The van der Waals surface area contributed by atoms with Crippen LogP contribution in [0.15, 0.2) is 24.3 Å². The highest BCUT2D eigenvalue weighted by molar-refractivity contribution is 6.30. The SMILES string of the molecule is CCC1(c2ccc(Cl)cc2)NC(=O)N(CC(=O)c2[nH]c(C)c(C(=O)OC)c2C)C1=O. The maximum atomic E-state index is 13.2. The van der Waals surface area contributed by atoms with Crippen molar-refractivity contribution >= 4 is 35.3 Å². The molecule has 1 unspecified atom stereocenters. The summed E-state index contributed by atoms with van der Waals surface area (Å²) in [5, 5.41) is 3.23. The number of ether oxygens (including phenoxy) is 1. The van der Waals surface area contributed by atoms with Gasteiger partial charge in [0.25, 0.3) is 5.91 Å². The number of nitrogens with zero attached hydrogens (tertiary/aromatic N) is 1. The number of esters is 1. The third kappa shape index (κ3) is 3.37. The van der Waals surface area contributed by atoms with E-state index in [1.54, 1.807) is 45.0 Å². The number of benzene rings is 1. The molecule has 0 saturated carbocycles. The summed E-state index contributed by atoms with van der Waals surface area (Å²) in [7, 11) is 1.25. The maximum absolute atomic E-state index is 13.2. The van der Waals surface area contributed by atoms with Crippen LogP contribution in [0.5, 0.6) is 0 Å². The lowest BCUT2D eigenvalue weighted by Crippen LogP contribution is -2.43. The zero-order valence-corrected chi connectivity index (χ0v) is 17.8. The molecule has 8 nitrogen and oxygen atoms in total. The average Bonchev–Trinajstić information content (AvgIpc) is 3.15. The molecule has 3 amide bonds. The predicted molar refractivity (Wildman–Crippen MR) is 110 cm³/mol. The second-order valence-corrected chi connectivity index (χ2v) is 7.56. The lowest BCUT2D eigenvalue weighted by molar-refractivity contribution is -0.131. The summed E-state index contributed by atoms with van der Waals surface area (Å²) < 4.78 is 4.75. The molecule has 1 atom stereocenters. The first-order valence-electron chi connectivity index (χ1n) is 9.37. The van der Waals surface area contributed by atoms with Gasteiger partial charge in [-0.1, -0.05) is 30.7 Å². The lowest BCUT2D eigenvalue weighted by Gasteiger charge is -2.25. The number of halogens is 1. The molecule has 1 saturated heterocycles. The van der Waals surface area contributed by atoms with Crippen LogP contribution in [0.3, 0.4) is 0 Å². The van der Waals surface area contributed by atoms with Crippen LogP contribution < -0.4 is 5.32 Å². The number of carbonyl (C=O) groups excluding carboxylic acids is 4. The molecule has 158 valence electrons. The molecule has 0 spiro atoms. The van der Waals surface area contributed by atoms with E-state index in [4.69, 9.17) is 16.3 Å². The summed E-state index contributed by atoms with van der Waals surface area (Å²) in [5.41, 5.74) is 0.637. The number of aromatic nitrogens is 1. The number of Topliss-reactive ketones (excluding diaryl/α,β-unsaturated/α-hetero) is 1. The van der Waals surface area contributed by atoms with Gasteiger partial charge in [0.15, 0.2) is 5.78 Å². The Morgan fingerprint density at radius 1 is 1.17 bits per heavy atom. The maximum Gasteiger partial charge on any atom is 0.339 e. The standard InChI is InChI=1S/C21H22ClN3O5/c1-5-21(13-6-8-14(22)9-7-13)19(28)25(20(29)24-21)10-15(26)17-11(2)16(12(3)23-17)18(27)30-4/h6-9,23H,5,10H2,1-4H3,(H,24,29). The number of aromatic amines is 1. The van der Waals surface area contributed by atoms with Gasteiger partial charge in [0.1, 0.15) is 5.54 Å². The number of nitrogens with one attached hydrogen (secondary N) is 2. The molecule has 2 aromatic rings. The van der Waals surface area contributed by atoms with E-state index in [1.165, 1.54) is 7.11 Å². The van der Waals surface area contributed by atoms with Crippen molar-refractivity contribution in [2.75, 3.05) is 13.7 Å². The van der Waals surface area contributed by atoms with Crippen molar-refractivity contribution in [3.8, 4) is 0 Å². The number of amides is 3. The van der Waals surface area contributed by atoms with E-state index in [1.807, 2.05) is 0 Å². The van der Waals surface area contributed by atoms with Crippen molar-refractivity contribution in [2.24, 2.45) is 0 Å². The van der Waals surface area contributed by atoms with Gasteiger partial charge >= 0.3 is 12.0 Å². The number of H-pyrrole nitrogens is 1. The summed E-state index contributed by atoms with van der Waals surface area (Å²) in [6.45, 7) is 4.58. The number of carbonyl (C=O) groups is 4. The van der Waals surface area contributed by atoms with E-state index in [9.17, 15) is 19.2 Å². The van der Waals surface area contributed by atoms with E-state index in [-0.39, 0.29) is 11.3 Å². The summed E-state index contributed by atoms with van der Waals surface area (Å²) >= 11 is 5.94. The van der Waals surface area contributed by atoms with Crippen LogP contribution in [0.25, 0.3) is 0 Å². The first-order valence-corrected chi connectivity index (χ1v) is 9.74. The van der Waals surface area contributed by atoms with E-state index in [0.29, 0.717) is 28.3 Å². The van der Waals surface area contributed by atoms with E-state index >= 15 is 0 Å². The van der Waals surface area contributed by atoms with Crippen molar-refractivity contribution in [3.05, 3.63) is 57.4 Å². The van der Waals surface area contributed by atoms with E-state index in [2.05, 4.69) is 10.3 Å². The molecule has 0 bridgehead atoms. The van der Waals surface area contributed by atoms with Crippen molar-refractivity contribution in [1.82, 2.24) is 15.2 Å². The average molecular weight is 432 g/mol. The van der Waals surface area contributed by atoms with Crippen LogP contribution in [-0.4, -0.2) is 47.2 Å². The molecular weight excluding hydrogens is 410 g/mol. The predicted octanol–water partition coefficient (Wildman–Crippen LogP) is 3.11. The summed E-state index contributed by atoms with van der Waals surface area (Å²) in [5.74, 6) is -1.57. The first kappa shape index (κ1) is 21.6. The normalized spacial score (nSPS) is 18.5. The molecule has 1 aromatic carbocycles. The van der Waals surface area contributed by atoms with Crippen LogP contribution in [0.2, 0.25) is 5.02 Å². The highest BCUT2D eigenvalue weighted by Crippen LogP contribution is 2.33. The summed E-state index contributed by atoms with van der Waals surface area (Å²) in [4.78, 5) is 54.4. The Kier molecular flexibility index (Phi) is 5.72. The molecule has 0 radical (unpaired) electrons. The Morgan fingerprint density at radius 2 is 1.80 bits per heavy atom. The van der Waals surface area contributed by atoms with Gasteiger partial charge in [-0.05, 0) is 43.5 Å². The Bertz CT molecular complexity index is 1040. The zero-order valence-electron chi connectivity index (χ0n) is 17.1. The van der Waals surface area contributed by atoms with Gasteiger partial charge in [0.2, 0.25) is 0 Å². The van der Waals surface area contributed by atoms with Crippen LogP contribution >= 0.6 is 11.6 Å². The number of hydrogen-bond donors (Lipinski definition) is 2. The number of urea groups is 1. The quantitative estimate of drug-likeness (QED) is 0.415. The highest BCUT2D eigenvalue weighted by atomic mass is 35.5. The number of hydrogen-bond acceptors (Lipinski definition) is 5. The Balaban J connectivity index is 1.90. The number of ketones is 1. The number of rotatable bonds is 6. The molecular formula is C21H22ClN3O5. The number of methoxy groups -OCH3 is 1. The fourth-order valence-corrected chi connectivity index (χ4v) is 3.93. The summed E-state index contributed by atoms with van der Waals surface area (Å²) in [6, 6.07) is 5.98. The van der Waals surface area contributed by atoms with E-state index < -0.39 is 35.8 Å². The van der Waals surface area contributed by atoms with Gasteiger partial charge < -0.3 is 15.0 Å². The third-order valence-electron chi connectivity index (χ3n) is 5.45.